The second-order valence-corrected chi connectivity index (χ2v) is 8.42. The smallest absolute Gasteiger partial charge is 0.410 e. The number of ether oxygens (including phenoxy) is 1. The maximum absolute atomic E-state index is 12.2. The fraction of sp³-hybridized carbons (Fsp3) is 0.381. The number of benzene rings is 1. The zero-order valence-corrected chi connectivity index (χ0v) is 17.9. The van der Waals surface area contributed by atoms with Crippen LogP contribution in [0.5, 0.6) is 0 Å². The van der Waals surface area contributed by atoms with Crippen LogP contribution in [0.3, 0.4) is 0 Å². The van der Waals surface area contributed by atoms with E-state index in [1.807, 2.05) is 51.1 Å². The quantitative estimate of drug-likeness (QED) is 0.631. The molecule has 0 radical (unpaired) electrons. The largest absolute Gasteiger partial charge is 0.601 e. The SMILES string of the molecule is CC(C)(C)OC(=O)N1CCN(c2ccc(NC3=N[NH+]([O-])c4ccccc4N3)cn2)CC1. The number of hydrogen-bond acceptors (Lipinski definition) is 8. The van der Waals surface area contributed by atoms with E-state index in [9.17, 15) is 10.0 Å². The third-order valence-corrected chi connectivity index (χ3v) is 4.89. The molecule has 2 aromatic rings. The number of pyridine rings is 1. The van der Waals surface area contributed by atoms with Crippen LogP contribution in [-0.2, 0) is 4.74 Å². The van der Waals surface area contributed by atoms with E-state index < -0.39 is 5.60 Å². The van der Waals surface area contributed by atoms with Crippen molar-refractivity contribution in [3.63, 3.8) is 0 Å². The lowest BCUT2D eigenvalue weighted by Crippen LogP contribution is -2.98. The van der Waals surface area contributed by atoms with Crippen LogP contribution in [-0.4, -0.2) is 53.7 Å². The summed E-state index contributed by atoms with van der Waals surface area (Å²) in [6.45, 7) is 8.12. The number of para-hydroxylation sites is 1. The molecule has 4 rings (SSSR count). The van der Waals surface area contributed by atoms with Gasteiger partial charge in [-0.25, -0.2) is 15.0 Å². The van der Waals surface area contributed by atoms with E-state index in [4.69, 9.17) is 4.74 Å². The minimum atomic E-state index is -0.497. The van der Waals surface area contributed by atoms with Crippen molar-refractivity contribution in [1.29, 1.82) is 0 Å². The molecule has 164 valence electrons. The molecule has 1 atom stereocenters. The fourth-order valence-electron chi connectivity index (χ4n) is 3.38. The molecule has 10 nitrogen and oxygen atoms in total. The minimum Gasteiger partial charge on any atom is -0.601 e. The zero-order chi connectivity index (χ0) is 22.0. The lowest BCUT2D eigenvalue weighted by Gasteiger charge is -2.36. The van der Waals surface area contributed by atoms with E-state index in [1.54, 1.807) is 17.2 Å². The summed E-state index contributed by atoms with van der Waals surface area (Å²) in [4.78, 5) is 20.6. The van der Waals surface area contributed by atoms with Gasteiger partial charge < -0.3 is 30.4 Å². The molecule has 1 fully saturated rings. The van der Waals surface area contributed by atoms with Crippen molar-refractivity contribution in [2.75, 3.05) is 41.7 Å². The van der Waals surface area contributed by atoms with Crippen LogP contribution in [0.25, 0.3) is 0 Å². The highest BCUT2D eigenvalue weighted by Gasteiger charge is 2.26. The molecule has 3 heterocycles. The predicted octanol–water partition coefficient (Wildman–Crippen LogP) is 1.96. The number of carbonyl (C=O) groups is 1. The van der Waals surface area contributed by atoms with Crippen molar-refractivity contribution in [2.24, 2.45) is 5.10 Å². The van der Waals surface area contributed by atoms with Crippen LogP contribution in [0.2, 0.25) is 0 Å². The van der Waals surface area contributed by atoms with Gasteiger partial charge in [-0.2, -0.15) is 0 Å². The van der Waals surface area contributed by atoms with Crippen LogP contribution < -0.4 is 20.7 Å². The standard InChI is InChI=1S/C21H27N7O3/c1-21(2,3)31-20(29)27-12-10-26(11-13-27)18-9-8-15(14-22-18)23-19-24-16-6-4-5-7-17(16)28(30)25-19/h4-9,14,28H,10-13H2,1-3H3,(H2,23,24,25). The summed E-state index contributed by atoms with van der Waals surface area (Å²) < 4.78 is 5.44. The molecule has 2 aliphatic rings. The molecule has 0 spiro atoms. The van der Waals surface area contributed by atoms with Gasteiger partial charge in [-0.05, 0) is 44.1 Å². The van der Waals surface area contributed by atoms with Gasteiger partial charge in [-0.1, -0.05) is 12.1 Å². The lowest BCUT2D eigenvalue weighted by molar-refractivity contribution is -0.783. The summed E-state index contributed by atoms with van der Waals surface area (Å²) in [5.41, 5.74) is 1.49. The van der Waals surface area contributed by atoms with Gasteiger partial charge in [0.05, 0.1) is 11.9 Å². The molecule has 1 aromatic carbocycles. The Balaban J connectivity index is 1.33. The Morgan fingerprint density at radius 3 is 2.58 bits per heavy atom. The normalized spacial score (nSPS) is 18.6. The number of nitrogens with zero attached hydrogens (tertiary/aromatic N) is 4. The maximum atomic E-state index is 12.2. The third kappa shape index (κ3) is 5.04. The molecule has 1 saturated heterocycles. The Bertz CT molecular complexity index is 964. The number of anilines is 3. The van der Waals surface area contributed by atoms with E-state index in [1.165, 1.54) is 0 Å². The van der Waals surface area contributed by atoms with Gasteiger partial charge >= 0.3 is 6.09 Å². The van der Waals surface area contributed by atoms with Gasteiger partial charge in [0.2, 0.25) is 0 Å². The molecule has 10 heteroatoms. The van der Waals surface area contributed by atoms with Crippen molar-refractivity contribution in [3.8, 4) is 0 Å². The minimum absolute atomic E-state index is 0.281. The molecule has 0 aliphatic carbocycles. The summed E-state index contributed by atoms with van der Waals surface area (Å²) in [7, 11) is 0. The Kier molecular flexibility index (Phi) is 5.66. The highest BCUT2D eigenvalue weighted by Crippen LogP contribution is 2.21. The van der Waals surface area contributed by atoms with Crippen molar-refractivity contribution >= 4 is 34.9 Å². The molecular formula is C21H27N7O3. The van der Waals surface area contributed by atoms with Gasteiger partial charge in [0.1, 0.15) is 17.1 Å². The number of aromatic nitrogens is 1. The van der Waals surface area contributed by atoms with E-state index in [-0.39, 0.29) is 11.3 Å². The van der Waals surface area contributed by atoms with Crippen molar-refractivity contribution in [2.45, 2.75) is 26.4 Å². The summed E-state index contributed by atoms with van der Waals surface area (Å²) in [5, 5.41) is 22.1. The van der Waals surface area contributed by atoms with E-state index in [2.05, 4.69) is 25.6 Å². The van der Waals surface area contributed by atoms with Crippen LogP contribution in [0.15, 0.2) is 47.7 Å². The summed E-state index contributed by atoms with van der Waals surface area (Å²) in [6.07, 6.45) is 1.42. The third-order valence-electron chi connectivity index (χ3n) is 4.89. The fourth-order valence-corrected chi connectivity index (χ4v) is 3.38. The van der Waals surface area contributed by atoms with Gasteiger partial charge in [0, 0.05) is 32.2 Å². The number of guanidine groups is 1. The maximum Gasteiger partial charge on any atom is 0.410 e. The van der Waals surface area contributed by atoms with Gasteiger partial charge in [0.25, 0.3) is 5.96 Å². The number of carbonyl (C=O) groups excluding carboxylic acids is 1. The van der Waals surface area contributed by atoms with E-state index in [0.717, 1.165) is 17.2 Å². The first-order chi connectivity index (χ1) is 14.8. The number of fused-ring (bicyclic) bond motifs is 1. The zero-order valence-electron chi connectivity index (χ0n) is 17.9. The van der Waals surface area contributed by atoms with Crippen LogP contribution >= 0.6 is 0 Å². The molecular weight excluding hydrogens is 398 g/mol. The Labute approximate surface area is 181 Å². The molecule has 1 unspecified atom stereocenters. The lowest BCUT2D eigenvalue weighted by atomic mass is 10.2. The number of rotatable bonds is 2. The molecule has 31 heavy (non-hydrogen) atoms. The van der Waals surface area contributed by atoms with Gasteiger partial charge in [0.15, 0.2) is 5.69 Å². The number of piperazine rings is 1. The first kappa shape index (κ1) is 20.9. The summed E-state index contributed by atoms with van der Waals surface area (Å²) in [5.74, 6) is 1.19. The van der Waals surface area contributed by atoms with Crippen LogP contribution in [0, 0.1) is 5.21 Å². The Morgan fingerprint density at radius 1 is 1.16 bits per heavy atom. The molecule has 3 N–H and O–H groups in total. The Hall–Kier alpha value is -3.37. The van der Waals surface area contributed by atoms with E-state index >= 15 is 0 Å². The van der Waals surface area contributed by atoms with Gasteiger partial charge in [-0.3, -0.25) is 0 Å². The number of quaternary nitrogens is 1. The van der Waals surface area contributed by atoms with Crippen molar-refractivity contribution in [1.82, 2.24) is 9.88 Å². The summed E-state index contributed by atoms with van der Waals surface area (Å²) >= 11 is 0. The highest BCUT2D eigenvalue weighted by atomic mass is 16.6. The monoisotopic (exact) mass is 425 g/mol. The average molecular weight is 425 g/mol. The van der Waals surface area contributed by atoms with Gasteiger partial charge in [-0.15, -0.1) is 0 Å². The van der Waals surface area contributed by atoms with E-state index in [0.29, 0.717) is 37.8 Å². The first-order valence-corrected chi connectivity index (χ1v) is 10.2. The second-order valence-electron chi connectivity index (χ2n) is 8.42. The van der Waals surface area contributed by atoms with Crippen molar-refractivity contribution in [3.05, 3.63) is 47.8 Å². The molecule has 2 aliphatic heterocycles. The topological polar surface area (TPSA) is 110 Å². The predicted molar refractivity (Wildman–Crippen MR) is 119 cm³/mol. The molecule has 1 amide bonds. The first-order valence-electron chi connectivity index (χ1n) is 10.2. The molecule has 1 aromatic heterocycles. The highest BCUT2D eigenvalue weighted by molar-refractivity contribution is 6.05. The summed E-state index contributed by atoms with van der Waals surface area (Å²) in [6, 6.07) is 11.0. The Morgan fingerprint density at radius 2 is 1.90 bits per heavy atom. The number of nitrogens with one attached hydrogen (secondary N) is 3. The number of amides is 1. The van der Waals surface area contributed by atoms with Crippen molar-refractivity contribution < 1.29 is 14.7 Å². The second kappa shape index (κ2) is 8.40. The number of hydrogen-bond donors (Lipinski definition) is 3. The average Bonchev–Trinajstić information content (AvgIpc) is 2.73. The van der Waals surface area contributed by atoms with Crippen LogP contribution in [0.4, 0.5) is 27.7 Å². The molecule has 0 bridgehead atoms. The van der Waals surface area contributed by atoms with Crippen LogP contribution in [0.1, 0.15) is 20.8 Å². The molecule has 0 saturated carbocycles.